The number of rotatable bonds is 7. The molecule has 0 heterocycles. The minimum atomic E-state index is -3.44. The first-order valence-electron chi connectivity index (χ1n) is 6.56. The Balaban J connectivity index is 3.01. The van der Waals surface area contributed by atoms with E-state index in [0.717, 1.165) is 12.8 Å². The summed E-state index contributed by atoms with van der Waals surface area (Å²) < 4.78 is 26.3. The Morgan fingerprint density at radius 1 is 1.32 bits per heavy atom. The highest BCUT2D eigenvalue weighted by atomic mass is 32.2. The maximum Gasteiger partial charge on any atom is 0.240 e. The van der Waals surface area contributed by atoms with Crippen LogP contribution in [0.25, 0.3) is 0 Å². The highest BCUT2D eigenvalue weighted by molar-refractivity contribution is 7.89. The van der Waals surface area contributed by atoms with E-state index in [-0.39, 0.29) is 10.9 Å². The molecule has 108 valence electrons. The predicted molar refractivity (Wildman–Crippen MR) is 79.7 cm³/mol. The van der Waals surface area contributed by atoms with Crippen LogP contribution in [0.15, 0.2) is 23.1 Å². The first-order chi connectivity index (χ1) is 8.90. The zero-order valence-corrected chi connectivity index (χ0v) is 12.5. The van der Waals surface area contributed by atoms with Crippen LogP contribution < -0.4 is 15.8 Å². The van der Waals surface area contributed by atoms with E-state index in [1.54, 1.807) is 19.1 Å². The predicted octanol–water partition coefficient (Wildman–Crippen LogP) is 2.17. The third-order valence-electron chi connectivity index (χ3n) is 2.79. The zero-order valence-electron chi connectivity index (χ0n) is 11.7. The van der Waals surface area contributed by atoms with Gasteiger partial charge in [0, 0.05) is 12.6 Å². The largest absolute Gasteiger partial charge is 0.397 e. The minimum Gasteiger partial charge on any atom is -0.397 e. The lowest BCUT2D eigenvalue weighted by Gasteiger charge is -2.17. The van der Waals surface area contributed by atoms with Crippen LogP contribution in [-0.2, 0) is 10.0 Å². The molecule has 1 aromatic rings. The first-order valence-corrected chi connectivity index (χ1v) is 8.04. The van der Waals surface area contributed by atoms with E-state index >= 15 is 0 Å². The zero-order chi connectivity index (χ0) is 14.5. The van der Waals surface area contributed by atoms with Gasteiger partial charge in [-0.25, -0.2) is 13.1 Å². The van der Waals surface area contributed by atoms with E-state index in [4.69, 9.17) is 5.73 Å². The van der Waals surface area contributed by atoms with Crippen LogP contribution in [-0.4, -0.2) is 21.0 Å². The van der Waals surface area contributed by atoms with Gasteiger partial charge in [-0.2, -0.15) is 0 Å². The fraction of sp³-hybridized carbons (Fsp3) is 0.538. The molecule has 1 unspecified atom stereocenters. The molecule has 1 rings (SSSR count). The summed E-state index contributed by atoms with van der Waals surface area (Å²) in [6.07, 6.45) is 2.06. The van der Waals surface area contributed by atoms with Gasteiger partial charge in [0.1, 0.15) is 0 Å². The maximum absolute atomic E-state index is 11.9. The molecule has 0 aliphatic heterocycles. The molecule has 6 heteroatoms. The lowest BCUT2D eigenvalue weighted by molar-refractivity contribution is 0.584. The second-order valence-electron chi connectivity index (χ2n) is 4.58. The number of hydrogen-bond acceptors (Lipinski definition) is 4. The van der Waals surface area contributed by atoms with Crippen molar-refractivity contribution in [1.29, 1.82) is 0 Å². The Kier molecular flexibility index (Phi) is 5.62. The summed E-state index contributed by atoms with van der Waals surface area (Å²) in [5.41, 5.74) is 7.09. The monoisotopic (exact) mass is 285 g/mol. The van der Waals surface area contributed by atoms with Crippen molar-refractivity contribution in [3.63, 3.8) is 0 Å². The smallest absolute Gasteiger partial charge is 0.240 e. The van der Waals surface area contributed by atoms with Gasteiger partial charge in [0.15, 0.2) is 0 Å². The highest BCUT2D eigenvalue weighted by Gasteiger charge is 2.14. The van der Waals surface area contributed by atoms with Crippen LogP contribution in [0.2, 0.25) is 0 Å². The molecule has 1 atom stereocenters. The van der Waals surface area contributed by atoms with Gasteiger partial charge in [-0.1, -0.05) is 20.3 Å². The summed E-state index contributed by atoms with van der Waals surface area (Å²) in [5.74, 6) is 0. The van der Waals surface area contributed by atoms with Crippen LogP contribution in [0.1, 0.15) is 33.6 Å². The van der Waals surface area contributed by atoms with Crippen molar-refractivity contribution in [2.75, 3.05) is 17.6 Å². The average molecular weight is 285 g/mol. The van der Waals surface area contributed by atoms with Gasteiger partial charge in [-0.3, -0.25) is 0 Å². The second kappa shape index (κ2) is 6.77. The molecule has 0 aromatic heterocycles. The van der Waals surface area contributed by atoms with Gasteiger partial charge in [-0.05, 0) is 31.5 Å². The molecule has 4 N–H and O–H groups in total. The molecule has 0 saturated carbocycles. The average Bonchev–Trinajstić information content (AvgIpc) is 2.32. The van der Waals surface area contributed by atoms with Crippen molar-refractivity contribution in [3.8, 4) is 0 Å². The van der Waals surface area contributed by atoms with Crippen LogP contribution in [0.4, 0.5) is 11.4 Å². The highest BCUT2D eigenvalue weighted by Crippen LogP contribution is 2.24. The van der Waals surface area contributed by atoms with Gasteiger partial charge in [0.25, 0.3) is 0 Å². The third kappa shape index (κ3) is 4.40. The second-order valence-corrected chi connectivity index (χ2v) is 6.35. The van der Waals surface area contributed by atoms with Gasteiger partial charge >= 0.3 is 0 Å². The number of nitrogen functional groups attached to an aromatic ring is 1. The molecule has 0 spiro atoms. The Labute approximate surface area is 115 Å². The molecular formula is C13H23N3O2S. The minimum absolute atomic E-state index is 0.231. The fourth-order valence-electron chi connectivity index (χ4n) is 1.87. The number of nitrogens with two attached hydrogens (primary N) is 1. The third-order valence-corrected chi connectivity index (χ3v) is 4.34. The van der Waals surface area contributed by atoms with Gasteiger partial charge in [0.05, 0.1) is 16.3 Å². The van der Waals surface area contributed by atoms with Crippen molar-refractivity contribution in [2.24, 2.45) is 0 Å². The van der Waals surface area contributed by atoms with E-state index in [0.29, 0.717) is 17.9 Å². The molecule has 19 heavy (non-hydrogen) atoms. The Morgan fingerprint density at radius 2 is 2.00 bits per heavy atom. The van der Waals surface area contributed by atoms with E-state index in [1.807, 2.05) is 0 Å². The summed E-state index contributed by atoms with van der Waals surface area (Å²) in [6, 6.07) is 4.97. The summed E-state index contributed by atoms with van der Waals surface area (Å²) >= 11 is 0. The molecule has 0 saturated heterocycles. The Hall–Kier alpha value is -1.27. The lowest BCUT2D eigenvalue weighted by atomic mass is 10.2. The van der Waals surface area contributed by atoms with Crippen molar-refractivity contribution in [3.05, 3.63) is 18.2 Å². The van der Waals surface area contributed by atoms with Crippen molar-refractivity contribution in [2.45, 2.75) is 44.6 Å². The molecule has 0 radical (unpaired) electrons. The molecule has 0 aliphatic carbocycles. The first kappa shape index (κ1) is 15.8. The SMILES string of the molecule is CCCC(C)Nc1cc(S(=O)(=O)NCC)ccc1N. The summed E-state index contributed by atoms with van der Waals surface area (Å²) in [5, 5.41) is 3.25. The fourth-order valence-corrected chi connectivity index (χ4v) is 2.94. The number of benzene rings is 1. The lowest BCUT2D eigenvalue weighted by Crippen LogP contribution is -2.23. The molecule has 0 amide bonds. The molecule has 0 bridgehead atoms. The maximum atomic E-state index is 11.9. The van der Waals surface area contributed by atoms with Gasteiger partial charge in [-0.15, -0.1) is 0 Å². The normalized spacial score (nSPS) is 13.2. The number of nitrogens with one attached hydrogen (secondary N) is 2. The van der Waals surface area contributed by atoms with Crippen molar-refractivity contribution >= 4 is 21.4 Å². The molecule has 0 aliphatic rings. The van der Waals surface area contributed by atoms with E-state index in [1.165, 1.54) is 6.07 Å². The molecule has 0 fully saturated rings. The summed E-state index contributed by atoms with van der Waals surface area (Å²) in [6.45, 7) is 6.26. The molecular weight excluding hydrogens is 262 g/mol. The van der Waals surface area contributed by atoms with E-state index < -0.39 is 10.0 Å². The molecule has 1 aromatic carbocycles. The standard InChI is InChI=1S/C13H23N3O2S/c1-4-6-10(3)16-13-9-11(7-8-12(13)14)19(17,18)15-5-2/h7-10,15-16H,4-6,14H2,1-3H3. The van der Waals surface area contributed by atoms with Gasteiger partial charge < -0.3 is 11.1 Å². The summed E-state index contributed by atoms with van der Waals surface area (Å²) in [4.78, 5) is 0.231. The van der Waals surface area contributed by atoms with Crippen molar-refractivity contribution < 1.29 is 8.42 Å². The molecule has 5 nitrogen and oxygen atoms in total. The van der Waals surface area contributed by atoms with Gasteiger partial charge in [0.2, 0.25) is 10.0 Å². The Morgan fingerprint density at radius 3 is 2.58 bits per heavy atom. The topological polar surface area (TPSA) is 84.2 Å². The van der Waals surface area contributed by atoms with Crippen LogP contribution in [0.3, 0.4) is 0 Å². The Bertz CT molecular complexity index is 515. The number of anilines is 2. The van der Waals surface area contributed by atoms with Crippen LogP contribution in [0, 0.1) is 0 Å². The number of sulfonamides is 1. The summed E-state index contributed by atoms with van der Waals surface area (Å²) in [7, 11) is -3.44. The van der Waals surface area contributed by atoms with E-state index in [2.05, 4.69) is 23.9 Å². The quantitative estimate of drug-likeness (QED) is 0.670. The van der Waals surface area contributed by atoms with E-state index in [9.17, 15) is 8.42 Å². The number of hydrogen-bond donors (Lipinski definition) is 3. The van der Waals surface area contributed by atoms with Crippen molar-refractivity contribution in [1.82, 2.24) is 4.72 Å². The van der Waals surface area contributed by atoms with Crippen LogP contribution in [0.5, 0.6) is 0 Å². The van der Waals surface area contributed by atoms with Crippen LogP contribution >= 0.6 is 0 Å².